The monoisotopic (exact) mass is 405 g/mol. The quantitative estimate of drug-likeness (QED) is 0.449. The Kier molecular flexibility index (Phi) is 5.57. The molecule has 1 unspecified atom stereocenters. The number of hydrogen-bond acceptors (Lipinski definition) is 5. The van der Waals surface area contributed by atoms with Gasteiger partial charge in [0, 0.05) is 22.9 Å². The summed E-state index contributed by atoms with van der Waals surface area (Å²) in [7, 11) is 0. The highest BCUT2D eigenvalue weighted by atomic mass is 16.5. The molecule has 0 spiro atoms. The van der Waals surface area contributed by atoms with Gasteiger partial charge in [-0.05, 0) is 43.2 Å². The molecule has 1 atom stereocenters. The van der Waals surface area contributed by atoms with E-state index in [0.717, 1.165) is 34.8 Å². The molecule has 0 radical (unpaired) electrons. The van der Waals surface area contributed by atoms with Crippen molar-refractivity contribution in [3.63, 3.8) is 0 Å². The van der Waals surface area contributed by atoms with Crippen LogP contribution in [0.1, 0.15) is 37.6 Å². The lowest BCUT2D eigenvalue weighted by molar-refractivity contribution is -0.123. The Morgan fingerprint density at radius 3 is 2.70 bits per heavy atom. The summed E-state index contributed by atoms with van der Waals surface area (Å²) in [5, 5.41) is 4.74. The molecule has 30 heavy (non-hydrogen) atoms. The van der Waals surface area contributed by atoms with Crippen molar-refractivity contribution >= 4 is 27.8 Å². The minimum atomic E-state index is -0.388. The van der Waals surface area contributed by atoms with Gasteiger partial charge in [-0.2, -0.15) is 0 Å². The van der Waals surface area contributed by atoms with E-state index >= 15 is 0 Å². The summed E-state index contributed by atoms with van der Waals surface area (Å²) < 4.78 is 16.7. The zero-order valence-electron chi connectivity index (χ0n) is 16.9. The smallest absolute Gasteiger partial charge is 0.336 e. The van der Waals surface area contributed by atoms with Gasteiger partial charge in [0.15, 0.2) is 6.61 Å². The second-order valence-electron chi connectivity index (χ2n) is 7.26. The van der Waals surface area contributed by atoms with Crippen LogP contribution >= 0.6 is 0 Å². The molecule has 2 aromatic heterocycles. The van der Waals surface area contributed by atoms with Gasteiger partial charge in [-0.3, -0.25) is 4.79 Å². The standard InChI is InChI=1S/C24H23NO5/c1-3-6-16-12-24(27)30-22-13-18(9-10-19(16)22)28-14-23(26)25-15(2)21-11-17-7-4-5-8-20(17)29-21/h4-5,7-13,15H,3,6,14H2,1-2H3,(H,25,26). The Morgan fingerprint density at radius 1 is 1.07 bits per heavy atom. The number of nitrogens with one attached hydrogen (secondary N) is 1. The predicted molar refractivity (Wildman–Crippen MR) is 115 cm³/mol. The van der Waals surface area contributed by atoms with Crippen LogP contribution in [0.5, 0.6) is 5.75 Å². The fourth-order valence-electron chi connectivity index (χ4n) is 3.50. The fraction of sp³-hybridized carbons (Fsp3) is 0.250. The molecule has 6 heteroatoms. The lowest BCUT2D eigenvalue weighted by Crippen LogP contribution is -2.31. The molecule has 2 aromatic carbocycles. The maximum Gasteiger partial charge on any atom is 0.336 e. The Morgan fingerprint density at radius 2 is 1.90 bits per heavy atom. The van der Waals surface area contributed by atoms with E-state index in [-0.39, 0.29) is 24.2 Å². The third-order valence-corrected chi connectivity index (χ3v) is 4.94. The SMILES string of the molecule is CCCc1cc(=O)oc2cc(OCC(=O)NC(C)c3cc4ccccc4o3)ccc12. The van der Waals surface area contributed by atoms with Crippen LogP contribution in [-0.2, 0) is 11.2 Å². The number of amides is 1. The van der Waals surface area contributed by atoms with E-state index in [9.17, 15) is 9.59 Å². The van der Waals surface area contributed by atoms with E-state index in [1.165, 1.54) is 6.07 Å². The number of para-hydroxylation sites is 1. The number of carbonyl (C=O) groups is 1. The van der Waals surface area contributed by atoms with Gasteiger partial charge in [0.1, 0.15) is 22.7 Å². The molecule has 4 aromatic rings. The van der Waals surface area contributed by atoms with Crippen LogP contribution in [-0.4, -0.2) is 12.5 Å². The molecule has 0 aliphatic heterocycles. The number of fused-ring (bicyclic) bond motifs is 2. The maximum atomic E-state index is 12.3. The average molecular weight is 405 g/mol. The molecule has 0 saturated heterocycles. The molecule has 154 valence electrons. The van der Waals surface area contributed by atoms with Crippen molar-refractivity contribution < 1.29 is 18.4 Å². The molecular formula is C24H23NO5. The Labute approximate surface area is 173 Å². The molecule has 1 amide bonds. The van der Waals surface area contributed by atoms with E-state index in [2.05, 4.69) is 12.2 Å². The van der Waals surface area contributed by atoms with Crippen molar-refractivity contribution in [2.24, 2.45) is 0 Å². The predicted octanol–water partition coefficient (Wildman–Crippen LogP) is 4.75. The van der Waals surface area contributed by atoms with Crippen molar-refractivity contribution in [1.29, 1.82) is 0 Å². The molecule has 0 bridgehead atoms. The first kappa shape index (κ1) is 19.8. The molecule has 0 saturated carbocycles. The van der Waals surface area contributed by atoms with E-state index in [4.69, 9.17) is 13.6 Å². The van der Waals surface area contributed by atoms with Gasteiger partial charge in [0.2, 0.25) is 0 Å². The van der Waals surface area contributed by atoms with Gasteiger partial charge >= 0.3 is 5.63 Å². The zero-order chi connectivity index (χ0) is 21.1. The molecule has 2 heterocycles. The number of ether oxygens (including phenoxy) is 1. The molecule has 0 fully saturated rings. The minimum absolute atomic E-state index is 0.158. The van der Waals surface area contributed by atoms with Crippen molar-refractivity contribution in [2.75, 3.05) is 6.61 Å². The second-order valence-corrected chi connectivity index (χ2v) is 7.26. The highest BCUT2D eigenvalue weighted by molar-refractivity contribution is 5.82. The average Bonchev–Trinajstić information content (AvgIpc) is 3.16. The summed E-state index contributed by atoms with van der Waals surface area (Å²) in [6.45, 7) is 3.76. The van der Waals surface area contributed by atoms with Crippen LogP contribution in [0.15, 0.2) is 68.2 Å². The number of benzene rings is 2. The first-order chi connectivity index (χ1) is 14.5. The number of hydrogen-bond donors (Lipinski definition) is 1. The van der Waals surface area contributed by atoms with Gasteiger partial charge in [-0.15, -0.1) is 0 Å². The Balaban J connectivity index is 1.41. The third-order valence-electron chi connectivity index (χ3n) is 4.94. The van der Waals surface area contributed by atoms with Gasteiger partial charge in [-0.1, -0.05) is 31.5 Å². The van der Waals surface area contributed by atoms with E-state index in [1.807, 2.05) is 43.3 Å². The fourth-order valence-corrected chi connectivity index (χ4v) is 3.50. The van der Waals surface area contributed by atoms with E-state index in [1.54, 1.807) is 12.1 Å². The summed E-state index contributed by atoms with van der Waals surface area (Å²) in [5.74, 6) is 0.871. The summed E-state index contributed by atoms with van der Waals surface area (Å²) in [6, 6.07) is 16.1. The van der Waals surface area contributed by atoms with Crippen LogP contribution in [0, 0.1) is 0 Å². The van der Waals surface area contributed by atoms with Crippen molar-refractivity contribution in [3.8, 4) is 5.75 Å². The van der Waals surface area contributed by atoms with E-state index < -0.39 is 0 Å². The maximum absolute atomic E-state index is 12.3. The largest absolute Gasteiger partial charge is 0.484 e. The Bertz CT molecular complexity index is 1220. The molecule has 6 nitrogen and oxygen atoms in total. The summed E-state index contributed by atoms with van der Waals surface area (Å²) in [5.41, 5.74) is 1.80. The highest BCUT2D eigenvalue weighted by Crippen LogP contribution is 2.25. The van der Waals surface area contributed by atoms with Crippen LogP contribution < -0.4 is 15.7 Å². The molecule has 0 aliphatic carbocycles. The van der Waals surface area contributed by atoms with Crippen molar-refractivity contribution in [2.45, 2.75) is 32.7 Å². The first-order valence-corrected chi connectivity index (χ1v) is 10.0. The molecular weight excluding hydrogens is 382 g/mol. The first-order valence-electron chi connectivity index (χ1n) is 10.0. The van der Waals surface area contributed by atoms with Gasteiger partial charge in [0.25, 0.3) is 5.91 Å². The highest BCUT2D eigenvalue weighted by Gasteiger charge is 2.15. The van der Waals surface area contributed by atoms with Crippen LogP contribution in [0.25, 0.3) is 21.9 Å². The molecule has 1 N–H and O–H groups in total. The lowest BCUT2D eigenvalue weighted by Gasteiger charge is -2.12. The number of rotatable bonds is 7. The topological polar surface area (TPSA) is 81.7 Å². The number of aryl methyl sites for hydroxylation is 1. The molecule has 0 aliphatic rings. The number of carbonyl (C=O) groups excluding carboxylic acids is 1. The van der Waals surface area contributed by atoms with Gasteiger partial charge in [0.05, 0.1) is 6.04 Å². The minimum Gasteiger partial charge on any atom is -0.484 e. The van der Waals surface area contributed by atoms with Crippen molar-refractivity contribution in [3.05, 3.63) is 76.3 Å². The van der Waals surface area contributed by atoms with Crippen LogP contribution in [0.3, 0.4) is 0 Å². The Hall–Kier alpha value is -3.54. The summed E-state index contributed by atoms with van der Waals surface area (Å²) in [4.78, 5) is 24.1. The van der Waals surface area contributed by atoms with Crippen LogP contribution in [0.2, 0.25) is 0 Å². The van der Waals surface area contributed by atoms with Crippen molar-refractivity contribution in [1.82, 2.24) is 5.32 Å². The van der Waals surface area contributed by atoms with Gasteiger partial charge in [-0.25, -0.2) is 4.79 Å². The second kappa shape index (κ2) is 8.45. The molecule has 4 rings (SSSR count). The number of furan rings is 1. The lowest BCUT2D eigenvalue weighted by atomic mass is 10.1. The summed E-state index contributed by atoms with van der Waals surface area (Å²) >= 11 is 0. The van der Waals surface area contributed by atoms with Crippen LogP contribution in [0.4, 0.5) is 0 Å². The third kappa shape index (κ3) is 4.22. The van der Waals surface area contributed by atoms with Gasteiger partial charge < -0.3 is 18.9 Å². The summed E-state index contributed by atoms with van der Waals surface area (Å²) in [6.07, 6.45) is 1.73. The normalized spacial score (nSPS) is 12.2. The zero-order valence-corrected chi connectivity index (χ0v) is 16.9. The van der Waals surface area contributed by atoms with E-state index in [0.29, 0.717) is 17.1 Å².